The van der Waals surface area contributed by atoms with Gasteiger partial charge in [0.1, 0.15) is 23.1 Å². The number of rotatable bonds is 3. The minimum absolute atomic E-state index is 0.0199. The van der Waals surface area contributed by atoms with Crippen LogP contribution in [-0.2, 0) is 6.61 Å². The fourth-order valence-electron chi connectivity index (χ4n) is 1.63. The Morgan fingerprint density at radius 1 is 1.47 bits per heavy atom. The average molecular weight is 247 g/mol. The van der Waals surface area contributed by atoms with Gasteiger partial charge in [-0.1, -0.05) is 0 Å². The van der Waals surface area contributed by atoms with Crippen molar-refractivity contribution in [2.24, 2.45) is 0 Å². The van der Waals surface area contributed by atoms with Crippen LogP contribution in [0.15, 0.2) is 29.8 Å². The number of aromatic nitrogens is 1. The molecule has 1 aliphatic rings. The highest BCUT2D eigenvalue weighted by molar-refractivity contribution is 7.09. The smallest absolute Gasteiger partial charge is 0.203 e. The molecule has 1 aromatic heterocycles. The van der Waals surface area contributed by atoms with Crippen LogP contribution in [0.1, 0.15) is 15.4 Å². The average Bonchev–Trinajstić information content (AvgIpc) is 2.97. The number of ether oxygens (including phenoxy) is 2. The lowest BCUT2D eigenvalue weighted by Crippen LogP contribution is -1.98. The number of thiazole rings is 1. The maximum atomic E-state index is 11.3. The normalized spacial score (nSPS) is 13.3. The Hall–Kier alpha value is -1.88. The molecule has 0 unspecified atom stereocenters. The summed E-state index contributed by atoms with van der Waals surface area (Å²) in [5.41, 5.74) is 0.631. The molecule has 1 aliphatic heterocycles. The van der Waals surface area contributed by atoms with Gasteiger partial charge in [0, 0.05) is 17.6 Å². The van der Waals surface area contributed by atoms with Crippen LogP contribution in [0.5, 0.6) is 11.5 Å². The predicted octanol–water partition coefficient (Wildman–Crippen LogP) is 2.30. The molecule has 0 N–H and O–H groups in total. The molecule has 0 saturated carbocycles. The summed E-state index contributed by atoms with van der Waals surface area (Å²) < 4.78 is 10.8. The van der Waals surface area contributed by atoms with Crippen molar-refractivity contribution >= 4 is 17.1 Å². The molecular formula is C12H9NO3S. The number of fused-ring (bicyclic) bond motifs is 1. The fraction of sp³-hybridized carbons (Fsp3) is 0.167. The van der Waals surface area contributed by atoms with E-state index in [9.17, 15) is 4.79 Å². The molecule has 86 valence electrons. The first kappa shape index (κ1) is 10.3. The van der Waals surface area contributed by atoms with E-state index in [4.69, 9.17) is 9.47 Å². The van der Waals surface area contributed by atoms with Gasteiger partial charge in [0.25, 0.3) is 0 Å². The van der Waals surface area contributed by atoms with Crippen molar-refractivity contribution in [3.8, 4) is 11.5 Å². The van der Waals surface area contributed by atoms with Crippen LogP contribution in [-0.4, -0.2) is 17.4 Å². The van der Waals surface area contributed by atoms with Crippen LogP contribution in [0.3, 0.4) is 0 Å². The topological polar surface area (TPSA) is 48.4 Å². The van der Waals surface area contributed by atoms with Crippen molar-refractivity contribution in [2.75, 3.05) is 6.61 Å². The Balaban J connectivity index is 1.74. The van der Waals surface area contributed by atoms with E-state index >= 15 is 0 Å². The Kier molecular flexibility index (Phi) is 2.53. The third kappa shape index (κ3) is 2.01. The lowest BCUT2D eigenvalue weighted by Gasteiger charge is -2.05. The summed E-state index contributed by atoms with van der Waals surface area (Å²) in [6, 6.07) is 5.26. The van der Waals surface area contributed by atoms with E-state index < -0.39 is 0 Å². The van der Waals surface area contributed by atoms with Gasteiger partial charge in [0.15, 0.2) is 6.61 Å². The summed E-state index contributed by atoms with van der Waals surface area (Å²) in [4.78, 5) is 15.5. The Bertz CT molecular complexity index is 551. The summed E-state index contributed by atoms with van der Waals surface area (Å²) in [6.45, 7) is 0.565. The zero-order valence-electron chi connectivity index (χ0n) is 8.88. The van der Waals surface area contributed by atoms with Gasteiger partial charge in [-0.3, -0.25) is 4.79 Å². The standard InChI is InChI=1S/C12H9NO3S/c14-10-6-16-11-5-8(1-2-9(10)11)15-7-12-13-3-4-17-12/h1-5H,6-7H2. The van der Waals surface area contributed by atoms with Gasteiger partial charge in [-0.25, -0.2) is 4.98 Å². The van der Waals surface area contributed by atoms with Crippen molar-refractivity contribution in [2.45, 2.75) is 6.61 Å². The monoisotopic (exact) mass is 247 g/mol. The Morgan fingerprint density at radius 3 is 3.24 bits per heavy atom. The number of hydrogen-bond donors (Lipinski definition) is 0. The number of carbonyl (C=O) groups excluding carboxylic acids is 1. The number of Topliss-reactive ketones (excluding diaryl/α,β-unsaturated/α-hetero) is 1. The largest absolute Gasteiger partial charge is 0.486 e. The minimum atomic E-state index is 0.0199. The summed E-state index contributed by atoms with van der Waals surface area (Å²) in [6.07, 6.45) is 1.74. The first-order valence-electron chi connectivity index (χ1n) is 5.14. The third-order valence-corrected chi connectivity index (χ3v) is 3.21. The molecule has 0 saturated heterocycles. The van der Waals surface area contributed by atoms with E-state index in [-0.39, 0.29) is 12.4 Å². The summed E-state index contributed by atoms with van der Waals surface area (Å²) in [5.74, 6) is 1.31. The first-order chi connectivity index (χ1) is 8.33. The SMILES string of the molecule is O=C1COc2cc(OCc3nccs3)ccc21. The molecular weight excluding hydrogens is 238 g/mol. The predicted molar refractivity (Wildman–Crippen MR) is 62.7 cm³/mol. The van der Waals surface area contributed by atoms with Crippen LogP contribution >= 0.6 is 11.3 Å². The van der Waals surface area contributed by atoms with Gasteiger partial charge >= 0.3 is 0 Å². The number of benzene rings is 1. The van der Waals surface area contributed by atoms with E-state index in [1.807, 2.05) is 5.38 Å². The van der Waals surface area contributed by atoms with Crippen molar-refractivity contribution in [3.63, 3.8) is 0 Å². The highest BCUT2D eigenvalue weighted by Gasteiger charge is 2.21. The molecule has 0 aliphatic carbocycles. The fourth-order valence-corrected chi connectivity index (χ4v) is 2.16. The van der Waals surface area contributed by atoms with Crippen LogP contribution in [0.25, 0.3) is 0 Å². The molecule has 0 bridgehead atoms. The Morgan fingerprint density at radius 2 is 2.41 bits per heavy atom. The molecule has 4 nitrogen and oxygen atoms in total. The molecule has 2 aromatic rings. The molecule has 1 aromatic carbocycles. The van der Waals surface area contributed by atoms with Gasteiger partial charge in [-0.2, -0.15) is 0 Å². The highest BCUT2D eigenvalue weighted by Crippen LogP contribution is 2.29. The van der Waals surface area contributed by atoms with E-state index in [0.29, 0.717) is 23.7 Å². The second-order valence-electron chi connectivity index (χ2n) is 3.58. The second kappa shape index (κ2) is 4.18. The van der Waals surface area contributed by atoms with Crippen LogP contribution in [0.4, 0.5) is 0 Å². The van der Waals surface area contributed by atoms with E-state index in [1.165, 1.54) is 0 Å². The molecule has 5 heteroatoms. The molecule has 0 amide bonds. The zero-order valence-corrected chi connectivity index (χ0v) is 9.70. The molecule has 3 rings (SSSR count). The summed E-state index contributed by atoms with van der Waals surface area (Å²) in [5, 5.41) is 2.82. The van der Waals surface area contributed by atoms with Gasteiger partial charge in [-0.15, -0.1) is 11.3 Å². The minimum Gasteiger partial charge on any atom is -0.486 e. The maximum Gasteiger partial charge on any atom is 0.203 e. The van der Waals surface area contributed by atoms with Crippen LogP contribution < -0.4 is 9.47 Å². The summed E-state index contributed by atoms with van der Waals surface area (Å²) in [7, 11) is 0. The molecule has 0 fully saturated rings. The van der Waals surface area contributed by atoms with Crippen molar-refractivity contribution in [1.29, 1.82) is 0 Å². The molecule has 2 heterocycles. The van der Waals surface area contributed by atoms with Gasteiger partial charge < -0.3 is 9.47 Å². The lowest BCUT2D eigenvalue weighted by atomic mass is 10.1. The van der Waals surface area contributed by atoms with E-state index in [1.54, 1.807) is 35.7 Å². The number of nitrogens with zero attached hydrogens (tertiary/aromatic N) is 1. The van der Waals surface area contributed by atoms with Gasteiger partial charge in [0.05, 0.1) is 5.56 Å². The number of carbonyl (C=O) groups is 1. The van der Waals surface area contributed by atoms with E-state index in [0.717, 1.165) is 5.01 Å². The highest BCUT2D eigenvalue weighted by atomic mass is 32.1. The second-order valence-corrected chi connectivity index (χ2v) is 4.56. The molecule has 0 atom stereocenters. The Labute approximate surface area is 102 Å². The van der Waals surface area contributed by atoms with Crippen molar-refractivity contribution < 1.29 is 14.3 Å². The molecule has 17 heavy (non-hydrogen) atoms. The zero-order chi connectivity index (χ0) is 11.7. The van der Waals surface area contributed by atoms with Gasteiger partial charge in [-0.05, 0) is 12.1 Å². The summed E-state index contributed by atoms with van der Waals surface area (Å²) >= 11 is 1.55. The van der Waals surface area contributed by atoms with Crippen LogP contribution in [0, 0.1) is 0 Å². The molecule has 0 radical (unpaired) electrons. The third-order valence-electron chi connectivity index (χ3n) is 2.46. The van der Waals surface area contributed by atoms with Crippen molar-refractivity contribution in [1.82, 2.24) is 4.98 Å². The molecule has 0 spiro atoms. The number of ketones is 1. The maximum absolute atomic E-state index is 11.3. The lowest BCUT2D eigenvalue weighted by molar-refractivity contribution is 0.0961. The van der Waals surface area contributed by atoms with Crippen molar-refractivity contribution in [3.05, 3.63) is 40.3 Å². The number of hydrogen-bond acceptors (Lipinski definition) is 5. The van der Waals surface area contributed by atoms with Gasteiger partial charge in [0.2, 0.25) is 5.78 Å². The van der Waals surface area contributed by atoms with E-state index in [2.05, 4.69) is 4.98 Å². The quantitative estimate of drug-likeness (QED) is 0.835. The van der Waals surface area contributed by atoms with Crippen LogP contribution in [0.2, 0.25) is 0 Å². The first-order valence-corrected chi connectivity index (χ1v) is 6.02.